The van der Waals surface area contributed by atoms with E-state index in [1.165, 1.54) is 5.56 Å². The van der Waals surface area contributed by atoms with E-state index in [1.54, 1.807) is 6.92 Å². The van der Waals surface area contributed by atoms with E-state index in [0.717, 1.165) is 38.2 Å². The second-order valence-corrected chi connectivity index (χ2v) is 8.81. The Bertz CT molecular complexity index is 596. The Hall–Kier alpha value is -1.11. The van der Waals surface area contributed by atoms with E-state index in [-0.39, 0.29) is 23.7 Å². The molecule has 0 aromatic heterocycles. The van der Waals surface area contributed by atoms with Gasteiger partial charge in [0.2, 0.25) is 0 Å². The van der Waals surface area contributed by atoms with Crippen molar-refractivity contribution in [3.63, 3.8) is 0 Å². The predicted molar refractivity (Wildman–Crippen MR) is 94.4 cm³/mol. The SMILES string of the molecule is CCS(=O)(=O)CC(C)Nc1ccccc1CN1CCC(O)CC1. The zero-order valence-electron chi connectivity index (χ0n) is 14.0. The molecular formula is C17H28N2O3S. The van der Waals surface area contributed by atoms with Gasteiger partial charge in [-0.3, -0.25) is 4.90 Å². The molecule has 0 saturated carbocycles. The summed E-state index contributed by atoms with van der Waals surface area (Å²) in [4.78, 5) is 2.33. The molecule has 5 nitrogen and oxygen atoms in total. The number of aliphatic hydroxyl groups is 1. The quantitative estimate of drug-likeness (QED) is 0.793. The smallest absolute Gasteiger partial charge is 0.152 e. The third-order valence-corrected chi connectivity index (χ3v) is 6.20. The van der Waals surface area contributed by atoms with Crippen molar-refractivity contribution in [1.29, 1.82) is 0 Å². The van der Waals surface area contributed by atoms with Gasteiger partial charge in [-0.1, -0.05) is 25.1 Å². The van der Waals surface area contributed by atoms with Crippen molar-refractivity contribution < 1.29 is 13.5 Å². The molecular weight excluding hydrogens is 312 g/mol. The van der Waals surface area contributed by atoms with E-state index >= 15 is 0 Å². The third kappa shape index (κ3) is 5.79. The molecule has 0 aliphatic carbocycles. The molecule has 0 spiro atoms. The normalized spacial score (nSPS) is 18.7. The van der Waals surface area contributed by atoms with Crippen LogP contribution in [0.4, 0.5) is 5.69 Å². The minimum atomic E-state index is -2.99. The first-order chi connectivity index (χ1) is 10.9. The second-order valence-electron chi connectivity index (χ2n) is 6.41. The number of likely N-dealkylation sites (tertiary alicyclic amines) is 1. The van der Waals surface area contributed by atoms with Gasteiger partial charge in [-0.15, -0.1) is 0 Å². The standard InChI is InChI=1S/C17H28N2O3S/c1-3-23(21,22)13-14(2)18-17-7-5-4-6-15(17)12-19-10-8-16(20)9-11-19/h4-7,14,16,18,20H,3,8-13H2,1-2H3. The number of hydrogen-bond acceptors (Lipinski definition) is 5. The zero-order valence-corrected chi connectivity index (χ0v) is 14.8. The molecule has 0 amide bonds. The summed E-state index contributed by atoms with van der Waals surface area (Å²) in [6.07, 6.45) is 1.47. The lowest BCUT2D eigenvalue weighted by Gasteiger charge is -2.30. The van der Waals surface area contributed by atoms with Crippen LogP contribution in [-0.4, -0.2) is 55.2 Å². The molecule has 1 atom stereocenters. The van der Waals surface area contributed by atoms with E-state index in [0.29, 0.717) is 0 Å². The van der Waals surface area contributed by atoms with Crippen molar-refractivity contribution in [2.45, 2.75) is 45.4 Å². The lowest BCUT2D eigenvalue weighted by Crippen LogP contribution is -2.35. The largest absolute Gasteiger partial charge is 0.393 e. The summed E-state index contributed by atoms with van der Waals surface area (Å²) in [6.45, 7) is 6.20. The monoisotopic (exact) mass is 340 g/mol. The van der Waals surface area contributed by atoms with Gasteiger partial charge in [-0.25, -0.2) is 8.42 Å². The van der Waals surface area contributed by atoms with Crippen LogP contribution in [0.2, 0.25) is 0 Å². The van der Waals surface area contributed by atoms with Crippen molar-refractivity contribution in [2.24, 2.45) is 0 Å². The number of sulfone groups is 1. The van der Waals surface area contributed by atoms with E-state index in [4.69, 9.17) is 0 Å². The van der Waals surface area contributed by atoms with Crippen molar-refractivity contribution in [2.75, 3.05) is 29.9 Å². The fourth-order valence-corrected chi connectivity index (χ4v) is 4.00. The fourth-order valence-electron chi connectivity index (χ4n) is 2.92. The van der Waals surface area contributed by atoms with Crippen LogP contribution < -0.4 is 5.32 Å². The predicted octanol–water partition coefficient (Wildman–Crippen LogP) is 1.88. The highest BCUT2D eigenvalue weighted by atomic mass is 32.2. The first kappa shape index (κ1) is 18.2. The van der Waals surface area contributed by atoms with E-state index in [2.05, 4.69) is 16.3 Å². The van der Waals surface area contributed by atoms with Crippen LogP contribution in [-0.2, 0) is 16.4 Å². The summed E-state index contributed by atoms with van der Waals surface area (Å²) in [5, 5.41) is 12.9. The minimum absolute atomic E-state index is 0.121. The summed E-state index contributed by atoms with van der Waals surface area (Å²) >= 11 is 0. The molecule has 2 rings (SSSR count). The van der Waals surface area contributed by atoms with Gasteiger partial charge < -0.3 is 10.4 Å². The van der Waals surface area contributed by atoms with E-state index < -0.39 is 9.84 Å². The summed E-state index contributed by atoms with van der Waals surface area (Å²) < 4.78 is 23.5. The Morgan fingerprint density at radius 1 is 1.30 bits per heavy atom. The highest BCUT2D eigenvalue weighted by Gasteiger charge is 2.19. The van der Waals surface area contributed by atoms with Crippen molar-refractivity contribution in [3.05, 3.63) is 29.8 Å². The number of hydrogen-bond donors (Lipinski definition) is 2. The van der Waals surface area contributed by atoms with Crippen LogP contribution in [0.5, 0.6) is 0 Å². The van der Waals surface area contributed by atoms with Crippen LogP contribution >= 0.6 is 0 Å². The van der Waals surface area contributed by atoms with Crippen molar-refractivity contribution in [3.8, 4) is 0 Å². The third-order valence-electron chi connectivity index (χ3n) is 4.31. The first-order valence-corrected chi connectivity index (χ1v) is 10.2. The molecule has 130 valence electrons. The molecule has 1 aromatic carbocycles. The van der Waals surface area contributed by atoms with Crippen molar-refractivity contribution >= 4 is 15.5 Å². The summed E-state index contributed by atoms with van der Waals surface area (Å²) in [5.41, 5.74) is 2.17. The molecule has 1 aliphatic heterocycles. The van der Waals surface area contributed by atoms with Gasteiger partial charge in [0, 0.05) is 37.1 Å². The number of nitrogens with one attached hydrogen (secondary N) is 1. The Labute approximate surface area is 139 Å². The van der Waals surface area contributed by atoms with Gasteiger partial charge >= 0.3 is 0 Å². The first-order valence-electron chi connectivity index (χ1n) is 8.35. The summed E-state index contributed by atoms with van der Waals surface area (Å²) in [5.74, 6) is 0.324. The number of aliphatic hydroxyl groups excluding tert-OH is 1. The molecule has 1 fully saturated rings. The van der Waals surface area contributed by atoms with Crippen LogP contribution in [0.3, 0.4) is 0 Å². The van der Waals surface area contributed by atoms with Crippen LogP contribution in [0, 0.1) is 0 Å². The Kier molecular flexibility index (Phi) is 6.44. The van der Waals surface area contributed by atoms with E-state index in [9.17, 15) is 13.5 Å². The maximum absolute atomic E-state index is 11.8. The fraction of sp³-hybridized carbons (Fsp3) is 0.647. The highest BCUT2D eigenvalue weighted by molar-refractivity contribution is 7.91. The van der Waals surface area contributed by atoms with Gasteiger partial charge in [-0.2, -0.15) is 0 Å². The topological polar surface area (TPSA) is 69.6 Å². The molecule has 1 aliphatic rings. The van der Waals surface area contributed by atoms with E-state index in [1.807, 2.05) is 25.1 Å². The number of nitrogens with zero attached hydrogens (tertiary/aromatic N) is 1. The Morgan fingerprint density at radius 2 is 1.96 bits per heavy atom. The molecule has 1 aromatic rings. The lowest BCUT2D eigenvalue weighted by atomic mass is 10.1. The summed E-state index contributed by atoms with van der Waals surface area (Å²) in [7, 11) is -2.99. The second kappa shape index (κ2) is 8.13. The number of para-hydroxylation sites is 1. The maximum Gasteiger partial charge on any atom is 0.152 e. The molecule has 23 heavy (non-hydrogen) atoms. The molecule has 1 unspecified atom stereocenters. The van der Waals surface area contributed by atoms with Crippen molar-refractivity contribution in [1.82, 2.24) is 4.90 Å². The zero-order chi connectivity index (χ0) is 16.9. The summed E-state index contributed by atoms with van der Waals surface area (Å²) in [6, 6.07) is 7.93. The minimum Gasteiger partial charge on any atom is -0.393 e. The number of benzene rings is 1. The number of piperidine rings is 1. The number of rotatable bonds is 7. The van der Waals surface area contributed by atoms with Gasteiger partial charge in [0.25, 0.3) is 0 Å². The lowest BCUT2D eigenvalue weighted by molar-refractivity contribution is 0.0793. The Morgan fingerprint density at radius 3 is 2.61 bits per heavy atom. The Balaban J connectivity index is 2.00. The maximum atomic E-state index is 11.8. The highest BCUT2D eigenvalue weighted by Crippen LogP contribution is 2.21. The van der Waals surface area contributed by atoms with Crippen LogP contribution in [0.1, 0.15) is 32.3 Å². The van der Waals surface area contributed by atoms with Crippen LogP contribution in [0.25, 0.3) is 0 Å². The molecule has 0 bridgehead atoms. The van der Waals surface area contributed by atoms with Gasteiger partial charge in [0.05, 0.1) is 11.9 Å². The average Bonchev–Trinajstić information content (AvgIpc) is 2.51. The van der Waals surface area contributed by atoms with Gasteiger partial charge in [-0.05, 0) is 31.4 Å². The van der Waals surface area contributed by atoms with Gasteiger partial charge in [0.15, 0.2) is 9.84 Å². The van der Waals surface area contributed by atoms with Crippen LogP contribution in [0.15, 0.2) is 24.3 Å². The molecule has 1 heterocycles. The number of anilines is 1. The molecule has 0 radical (unpaired) electrons. The molecule has 1 saturated heterocycles. The average molecular weight is 340 g/mol. The molecule has 2 N–H and O–H groups in total. The van der Waals surface area contributed by atoms with Gasteiger partial charge in [0.1, 0.15) is 0 Å². The molecule has 6 heteroatoms.